The first-order valence-electron chi connectivity index (χ1n) is 11.5. The maximum Gasteiger partial charge on any atom is 0.338 e. The minimum Gasteiger partial charge on any atom is -0.462 e. The number of anilines is 2. The van der Waals surface area contributed by atoms with E-state index >= 15 is 0 Å². The number of hydrogen-bond donors (Lipinski definition) is 2. The van der Waals surface area contributed by atoms with Gasteiger partial charge in [-0.05, 0) is 37.3 Å². The van der Waals surface area contributed by atoms with Crippen molar-refractivity contribution in [1.82, 2.24) is 10.2 Å². The number of ether oxygens (including phenoxy) is 1. The third kappa shape index (κ3) is 6.90. The summed E-state index contributed by atoms with van der Waals surface area (Å²) in [5, 5.41) is 13.7. The Kier molecular flexibility index (Phi) is 8.96. The number of ketones is 1. The first kappa shape index (κ1) is 26.7. The molecule has 0 aliphatic carbocycles. The van der Waals surface area contributed by atoms with Crippen LogP contribution in [0.1, 0.15) is 43.6 Å². The highest BCUT2D eigenvalue weighted by Gasteiger charge is 2.19. The van der Waals surface area contributed by atoms with Crippen LogP contribution in [0.25, 0.3) is 0 Å². The predicted octanol–water partition coefficient (Wildman–Crippen LogP) is 4.93. The van der Waals surface area contributed by atoms with E-state index in [9.17, 15) is 19.2 Å². The first-order chi connectivity index (χ1) is 18.4. The Labute approximate surface area is 226 Å². The molecule has 192 valence electrons. The lowest BCUT2D eigenvalue weighted by Crippen LogP contribution is -2.16. The predicted molar refractivity (Wildman–Crippen MR) is 146 cm³/mol. The molecule has 0 saturated carbocycles. The van der Waals surface area contributed by atoms with Crippen LogP contribution in [0, 0.1) is 0 Å². The van der Waals surface area contributed by atoms with Crippen LogP contribution in [0.15, 0.2) is 83.2 Å². The molecule has 38 heavy (non-hydrogen) atoms. The molecule has 4 rings (SSSR count). The van der Waals surface area contributed by atoms with Crippen molar-refractivity contribution in [1.29, 1.82) is 0 Å². The Hall–Kier alpha value is -4.35. The molecule has 4 aromatic rings. The normalized spacial score (nSPS) is 10.4. The van der Waals surface area contributed by atoms with Gasteiger partial charge in [-0.3, -0.25) is 19.7 Å². The monoisotopic (exact) mass is 546 g/mol. The van der Waals surface area contributed by atoms with Crippen LogP contribution in [0.4, 0.5) is 10.8 Å². The number of carbonyl (C=O) groups excluding carboxylic acids is 4. The van der Waals surface area contributed by atoms with Crippen LogP contribution in [0.2, 0.25) is 0 Å². The van der Waals surface area contributed by atoms with E-state index in [1.54, 1.807) is 79.7 Å². The molecule has 1 aromatic heterocycles. The third-order valence-corrected chi connectivity index (χ3v) is 7.06. The van der Waals surface area contributed by atoms with Gasteiger partial charge in [0.1, 0.15) is 0 Å². The molecule has 0 unspecified atom stereocenters. The van der Waals surface area contributed by atoms with Gasteiger partial charge < -0.3 is 10.1 Å². The van der Waals surface area contributed by atoms with Gasteiger partial charge in [0.25, 0.3) is 5.91 Å². The molecule has 2 N–H and O–H groups in total. The lowest BCUT2D eigenvalue weighted by atomic mass is 9.98. The van der Waals surface area contributed by atoms with E-state index in [1.807, 2.05) is 6.07 Å². The summed E-state index contributed by atoms with van der Waals surface area (Å²) in [6.07, 6.45) is 0. The zero-order valence-electron chi connectivity index (χ0n) is 20.2. The van der Waals surface area contributed by atoms with Gasteiger partial charge in [0.05, 0.1) is 23.5 Å². The van der Waals surface area contributed by atoms with Gasteiger partial charge in [0.2, 0.25) is 11.0 Å². The van der Waals surface area contributed by atoms with Gasteiger partial charge in [0.15, 0.2) is 10.1 Å². The first-order valence-corrected chi connectivity index (χ1v) is 13.3. The number of aromatic nitrogens is 2. The van der Waals surface area contributed by atoms with E-state index in [0.717, 1.165) is 23.1 Å². The van der Waals surface area contributed by atoms with Gasteiger partial charge in [-0.15, -0.1) is 10.2 Å². The topological polar surface area (TPSA) is 127 Å². The number of nitrogens with zero attached hydrogens (tertiary/aromatic N) is 2. The quantitative estimate of drug-likeness (QED) is 0.124. The van der Waals surface area contributed by atoms with Gasteiger partial charge in [-0.25, -0.2) is 4.79 Å². The van der Waals surface area contributed by atoms with Crippen LogP contribution in [0.3, 0.4) is 0 Å². The largest absolute Gasteiger partial charge is 0.462 e. The van der Waals surface area contributed by atoms with E-state index < -0.39 is 11.9 Å². The second-order valence-electron chi connectivity index (χ2n) is 7.70. The van der Waals surface area contributed by atoms with E-state index in [1.165, 1.54) is 0 Å². The summed E-state index contributed by atoms with van der Waals surface area (Å²) in [6.45, 7) is 2.01. The fourth-order valence-electron chi connectivity index (χ4n) is 3.34. The van der Waals surface area contributed by atoms with Crippen LogP contribution in [-0.2, 0) is 9.53 Å². The second kappa shape index (κ2) is 12.7. The van der Waals surface area contributed by atoms with Gasteiger partial charge in [-0.2, -0.15) is 0 Å². The molecule has 0 spiro atoms. The van der Waals surface area contributed by atoms with Crippen molar-refractivity contribution < 1.29 is 23.9 Å². The molecule has 3 aromatic carbocycles. The van der Waals surface area contributed by atoms with Crippen molar-refractivity contribution in [3.05, 3.63) is 101 Å². The van der Waals surface area contributed by atoms with E-state index in [4.69, 9.17) is 4.74 Å². The Morgan fingerprint density at radius 2 is 1.50 bits per heavy atom. The summed E-state index contributed by atoms with van der Waals surface area (Å²) in [7, 11) is 0. The van der Waals surface area contributed by atoms with Crippen molar-refractivity contribution in [3.63, 3.8) is 0 Å². The molecule has 0 fully saturated rings. The van der Waals surface area contributed by atoms with Crippen molar-refractivity contribution in [2.75, 3.05) is 23.0 Å². The molecule has 0 aliphatic rings. The maximum absolute atomic E-state index is 12.9. The number of nitrogens with one attached hydrogen (secondary N) is 2. The molecule has 1 heterocycles. The summed E-state index contributed by atoms with van der Waals surface area (Å²) in [5.74, 6) is -1.37. The Bertz CT molecular complexity index is 1460. The minimum absolute atomic E-state index is 0.0661. The van der Waals surface area contributed by atoms with Crippen LogP contribution in [0.5, 0.6) is 0 Å². The molecule has 0 saturated heterocycles. The lowest BCUT2D eigenvalue weighted by molar-refractivity contribution is -0.113. The van der Waals surface area contributed by atoms with Gasteiger partial charge in [-0.1, -0.05) is 71.6 Å². The molecular weight excluding hydrogens is 524 g/mol. The number of amides is 2. The van der Waals surface area contributed by atoms with Crippen molar-refractivity contribution in [2.45, 2.75) is 11.3 Å². The Morgan fingerprint density at radius 1 is 0.816 bits per heavy atom. The molecule has 11 heteroatoms. The average molecular weight is 547 g/mol. The van der Waals surface area contributed by atoms with E-state index in [-0.39, 0.29) is 40.3 Å². The van der Waals surface area contributed by atoms with Gasteiger partial charge in [0, 0.05) is 16.8 Å². The summed E-state index contributed by atoms with van der Waals surface area (Å²) >= 11 is 2.28. The van der Waals surface area contributed by atoms with Crippen molar-refractivity contribution in [3.8, 4) is 0 Å². The maximum atomic E-state index is 12.9. The minimum atomic E-state index is -0.485. The molecule has 0 bridgehead atoms. The molecule has 0 aliphatic heterocycles. The summed E-state index contributed by atoms with van der Waals surface area (Å²) in [4.78, 5) is 49.9. The zero-order valence-corrected chi connectivity index (χ0v) is 21.8. The van der Waals surface area contributed by atoms with Crippen LogP contribution < -0.4 is 10.6 Å². The number of carbonyl (C=O) groups is 4. The fraction of sp³-hybridized carbons (Fsp3) is 0.111. The fourth-order valence-corrected chi connectivity index (χ4v) is 4.88. The average Bonchev–Trinajstić information content (AvgIpc) is 3.39. The SMILES string of the molecule is CCOC(=O)c1ccc(NC(=O)CSc2nnc(NC(=O)c3ccccc3C(=O)c3ccccc3)s2)cc1. The van der Waals surface area contributed by atoms with Gasteiger partial charge >= 0.3 is 5.97 Å². The molecule has 9 nitrogen and oxygen atoms in total. The standard InChI is InChI=1S/C27H22N4O5S2/c1-2-36-25(35)18-12-14-19(15-13-18)28-22(32)16-37-27-31-30-26(38-27)29-24(34)21-11-7-6-10-20(21)23(33)17-8-4-3-5-9-17/h3-15H,2,16H2,1H3,(H,28,32)(H,29,30,34). The molecule has 0 radical (unpaired) electrons. The number of benzene rings is 3. The van der Waals surface area contributed by atoms with E-state index in [2.05, 4.69) is 20.8 Å². The lowest BCUT2D eigenvalue weighted by Gasteiger charge is -2.08. The summed E-state index contributed by atoms with van der Waals surface area (Å²) in [6, 6.07) is 21.7. The Morgan fingerprint density at radius 3 is 2.21 bits per heavy atom. The highest BCUT2D eigenvalue weighted by Crippen LogP contribution is 2.26. The van der Waals surface area contributed by atoms with Crippen LogP contribution in [-0.4, -0.2) is 46.1 Å². The smallest absolute Gasteiger partial charge is 0.338 e. The highest BCUT2D eigenvalue weighted by molar-refractivity contribution is 8.01. The molecule has 0 atom stereocenters. The number of rotatable bonds is 10. The number of esters is 1. The molecule has 2 amide bonds. The van der Waals surface area contributed by atoms with Crippen molar-refractivity contribution in [2.24, 2.45) is 0 Å². The second-order valence-corrected chi connectivity index (χ2v) is 9.90. The zero-order chi connectivity index (χ0) is 26.9. The summed E-state index contributed by atoms with van der Waals surface area (Å²) < 4.78 is 5.43. The molecular formula is C27H22N4O5S2. The Balaban J connectivity index is 1.32. The number of thioether (sulfide) groups is 1. The highest BCUT2D eigenvalue weighted by atomic mass is 32.2. The van der Waals surface area contributed by atoms with E-state index in [0.29, 0.717) is 21.2 Å². The summed E-state index contributed by atoms with van der Waals surface area (Å²) in [5.41, 5.74) is 1.92. The van der Waals surface area contributed by atoms with Crippen molar-refractivity contribution >= 4 is 57.5 Å². The van der Waals surface area contributed by atoms with Crippen LogP contribution >= 0.6 is 23.1 Å². The number of hydrogen-bond acceptors (Lipinski definition) is 9. The third-order valence-electron chi connectivity index (χ3n) is 5.09.